The Morgan fingerprint density at radius 1 is 1.37 bits per heavy atom. The van der Waals surface area contributed by atoms with Gasteiger partial charge in [-0.25, -0.2) is 4.79 Å². The molecule has 1 saturated heterocycles. The zero-order chi connectivity index (χ0) is 15.1. The summed E-state index contributed by atoms with van der Waals surface area (Å²) in [6.07, 6.45) is 3.23. The van der Waals surface area contributed by atoms with Crippen LogP contribution in [0.2, 0.25) is 0 Å². The Morgan fingerprint density at radius 2 is 1.95 bits per heavy atom. The Hall–Kier alpha value is -1.10. The van der Waals surface area contributed by atoms with Crippen LogP contribution < -0.4 is 0 Å². The van der Waals surface area contributed by atoms with Gasteiger partial charge in [0, 0.05) is 13.7 Å². The third-order valence-corrected chi connectivity index (χ3v) is 2.93. The number of likely N-dealkylation sites (tertiary alicyclic amines) is 1. The number of carbonyl (C=O) groups excluding carboxylic acids is 2. The second-order valence-electron chi connectivity index (χ2n) is 5.86. The van der Waals surface area contributed by atoms with Crippen LogP contribution in [0.3, 0.4) is 0 Å². The van der Waals surface area contributed by atoms with Crippen molar-refractivity contribution in [2.75, 3.05) is 13.7 Å². The van der Waals surface area contributed by atoms with Crippen LogP contribution in [0.25, 0.3) is 0 Å². The molecule has 0 aromatic carbocycles. The smallest absolute Gasteiger partial charge is 0.410 e. The maximum atomic E-state index is 12.0. The average molecular weight is 273 g/mol. The van der Waals surface area contributed by atoms with E-state index in [1.807, 2.05) is 20.8 Å². The van der Waals surface area contributed by atoms with Crippen LogP contribution in [0.4, 0.5) is 4.79 Å². The van der Waals surface area contributed by atoms with Gasteiger partial charge in [-0.3, -0.25) is 4.90 Å². The van der Waals surface area contributed by atoms with E-state index in [1.165, 1.54) is 0 Å². The van der Waals surface area contributed by atoms with Crippen LogP contribution >= 0.6 is 0 Å². The Bertz CT molecular complexity index is 286. The van der Waals surface area contributed by atoms with Crippen LogP contribution in [0.1, 0.15) is 47.0 Å². The number of carbonyl (C=O) groups is 2. The van der Waals surface area contributed by atoms with Crippen molar-refractivity contribution in [1.82, 2.24) is 4.90 Å². The fourth-order valence-corrected chi connectivity index (χ4v) is 2.11. The van der Waals surface area contributed by atoms with E-state index >= 15 is 0 Å². The Balaban J connectivity index is 0.00000154. The fourth-order valence-electron chi connectivity index (χ4n) is 2.11. The van der Waals surface area contributed by atoms with Crippen molar-refractivity contribution in [2.45, 2.75) is 58.6 Å². The molecule has 1 N–H and O–H groups in total. The van der Waals surface area contributed by atoms with Gasteiger partial charge >= 0.3 is 6.09 Å². The topological polar surface area (TPSA) is 66.8 Å². The molecule has 19 heavy (non-hydrogen) atoms. The van der Waals surface area contributed by atoms with E-state index in [-0.39, 0.29) is 12.1 Å². The monoisotopic (exact) mass is 273 g/mol. The molecule has 0 bridgehead atoms. The molecule has 1 aliphatic rings. The van der Waals surface area contributed by atoms with Crippen LogP contribution in [-0.2, 0) is 9.53 Å². The SMILES string of the molecule is CO.C[C@H]1CCCN(C(=O)OC(C)(C)C)C(C=O)C1. The van der Waals surface area contributed by atoms with Crippen LogP contribution in [0, 0.1) is 5.92 Å². The van der Waals surface area contributed by atoms with Crippen LogP contribution in [0.15, 0.2) is 0 Å². The van der Waals surface area contributed by atoms with E-state index in [2.05, 4.69) is 6.92 Å². The molecule has 1 amide bonds. The van der Waals surface area contributed by atoms with Crippen LogP contribution in [0.5, 0.6) is 0 Å². The second-order valence-corrected chi connectivity index (χ2v) is 5.86. The number of aliphatic hydroxyl groups excluding tert-OH is 1. The molecule has 1 unspecified atom stereocenters. The van der Waals surface area contributed by atoms with Crippen molar-refractivity contribution in [3.05, 3.63) is 0 Å². The standard InChI is InChI=1S/C13H23NO3.CH4O/c1-10-6-5-7-14(11(8-10)9-15)12(16)17-13(2,3)4;1-2/h9-11H,5-8H2,1-4H3;2H,1H3/t10-,11?;/m0./s1. The molecular formula is C14H27NO4. The van der Waals surface area contributed by atoms with E-state index < -0.39 is 5.60 Å². The molecule has 1 fully saturated rings. The quantitative estimate of drug-likeness (QED) is 0.744. The number of nitrogens with zero attached hydrogens (tertiary/aromatic N) is 1. The van der Waals surface area contributed by atoms with Crippen molar-refractivity contribution in [3.63, 3.8) is 0 Å². The van der Waals surface area contributed by atoms with E-state index in [4.69, 9.17) is 9.84 Å². The van der Waals surface area contributed by atoms with E-state index in [0.29, 0.717) is 12.5 Å². The van der Waals surface area contributed by atoms with Gasteiger partial charge in [0.15, 0.2) is 0 Å². The zero-order valence-corrected chi connectivity index (χ0v) is 12.7. The normalized spacial score (nSPS) is 23.8. The van der Waals surface area contributed by atoms with E-state index in [9.17, 15) is 9.59 Å². The van der Waals surface area contributed by atoms with Gasteiger partial charge in [-0.1, -0.05) is 6.92 Å². The number of hydrogen-bond donors (Lipinski definition) is 1. The van der Waals surface area contributed by atoms with Crippen molar-refractivity contribution in [2.24, 2.45) is 5.92 Å². The highest BCUT2D eigenvalue weighted by Gasteiger charge is 2.30. The maximum Gasteiger partial charge on any atom is 0.410 e. The lowest BCUT2D eigenvalue weighted by Crippen LogP contribution is -2.44. The first-order valence-corrected chi connectivity index (χ1v) is 6.73. The molecule has 0 spiro atoms. The summed E-state index contributed by atoms with van der Waals surface area (Å²) in [7, 11) is 1.00. The van der Waals surface area contributed by atoms with Gasteiger partial charge in [0.05, 0.1) is 6.04 Å². The summed E-state index contributed by atoms with van der Waals surface area (Å²) in [5.41, 5.74) is -0.511. The van der Waals surface area contributed by atoms with Gasteiger partial charge in [-0.2, -0.15) is 0 Å². The third-order valence-electron chi connectivity index (χ3n) is 2.93. The Labute approximate surface area is 115 Å². The number of aldehydes is 1. The second kappa shape index (κ2) is 8.15. The molecule has 0 aliphatic carbocycles. The van der Waals surface area contributed by atoms with E-state index in [1.54, 1.807) is 4.90 Å². The molecule has 1 heterocycles. The number of ether oxygens (including phenoxy) is 1. The van der Waals surface area contributed by atoms with Crippen molar-refractivity contribution in [1.29, 1.82) is 0 Å². The average Bonchev–Trinajstić information content (AvgIpc) is 2.51. The summed E-state index contributed by atoms with van der Waals surface area (Å²) in [5.74, 6) is 0.484. The lowest BCUT2D eigenvalue weighted by atomic mass is 10.00. The molecule has 0 aromatic rings. The minimum atomic E-state index is -0.511. The molecule has 0 saturated carbocycles. The van der Waals surface area contributed by atoms with Gasteiger partial charge in [-0.05, 0) is 46.0 Å². The highest BCUT2D eigenvalue weighted by molar-refractivity contribution is 5.73. The predicted octanol–water partition coefficient (Wildman–Crippen LogP) is 2.22. The largest absolute Gasteiger partial charge is 0.444 e. The molecular weight excluding hydrogens is 246 g/mol. The Morgan fingerprint density at radius 3 is 2.42 bits per heavy atom. The van der Waals surface area contributed by atoms with Gasteiger partial charge in [0.25, 0.3) is 0 Å². The maximum absolute atomic E-state index is 12.0. The molecule has 5 nitrogen and oxygen atoms in total. The molecule has 112 valence electrons. The first-order valence-electron chi connectivity index (χ1n) is 6.73. The minimum Gasteiger partial charge on any atom is -0.444 e. The van der Waals surface area contributed by atoms with Crippen molar-refractivity contribution >= 4 is 12.4 Å². The van der Waals surface area contributed by atoms with Crippen molar-refractivity contribution < 1.29 is 19.4 Å². The van der Waals surface area contributed by atoms with Crippen LogP contribution in [-0.4, -0.2) is 47.7 Å². The summed E-state index contributed by atoms with van der Waals surface area (Å²) in [5, 5.41) is 7.00. The number of aliphatic hydroxyl groups is 1. The number of hydrogen-bond acceptors (Lipinski definition) is 4. The number of amides is 1. The lowest BCUT2D eigenvalue weighted by molar-refractivity contribution is -0.112. The van der Waals surface area contributed by atoms with Gasteiger partial charge < -0.3 is 14.6 Å². The summed E-state index contributed by atoms with van der Waals surface area (Å²) >= 11 is 0. The predicted molar refractivity (Wildman–Crippen MR) is 73.9 cm³/mol. The fraction of sp³-hybridized carbons (Fsp3) is 0.857. The third kappa shape index (κ3) is 6.57. The first kappa shape index (κ1) is 17.9. The molecule has 2 atom stereocenters. The molecule has 5 heteroatoms. The van der Waals surface area contributed by atoms with Gasteiger partial charge in [0.1, 0.15) is 11.9 Å². The summed E-state index contributed by atoms with van der Waals surface area (Å²) in [6, 6.07) is -0.331. The Kier molecular flexibility index (Phi) is 7.68. The molecule has 0 aromatic heterocycles. The van der Waals surface area contributed by atoms with Gasteiger partial charge in [-0.15, -0.1) is 0 Å². The summed E-state index contributed by atoms with van der Waals surface area (Å²) in [6.45, 7) is 8.24. The summed E-state index contributed by atoms with van der Waals surface area (Å²) in [4.78, 5) is 24.6. The van der Waals surface area contributed by atoms with Gasteiger partial charge in [0.2, 0.25) is 0 Å². The highest BCUT2D eigenvalue weighted by atomic mass is 16.6. The number of rotatable bonds is 1. The highest BCUT2D eigenvalue weighted by Crippen LogP contribution is 2.22. The van der Waals surface area contributed by atoms with Crippen molar-refractivity contribution in [3.8, 4) is 0 Å². The minimum absolute atomic E-state index is 0.331. The zero-order valence-electron chi connectivity index (χ0n) is 12.7. The molecule has 0 radical (unpaired) electrons. The molecule has 1 aliphatic heterocycles. The summed E-state index contributed by atoms with van der Waals surface area (Å²) < 4.78 is 5.33. The van der Waals surface area contributed by atoms with E-state index in [0.717, 1.165) is 32.7 Å². The lowest BCUT2D eigenvalue weighted by Gasteiger charge is -2.29. The molecule has 1 rings (SSSR count). The first-order chi connectivity index (χ1) is 8.83.